The molecule has 5 aromatic carbocycles. The highest BCUT2D eigenvalue weighted by atomic mass is 79.9. The van der Waals surface area contributed by atoms with Crippen molar-refractivity contribution in [2.45, 2.75) is 6.10 Å². The fourth-order valence-electron chi connectivity index (χ4n) is 4.88. The van der Waals surface area contributed by atoms with E-state index in [4.69, 9.17) is 9.47 Å². The number of nitro benzene ring substituents is 1. The number of benzene rings is 5. The van der Waals surface area contributed by atoms with E-state index in [2.05, 4.69) is 15.9 Å². The van der Waals surface area contributed by atoms with Crippen LogP contribution in [0.4, 0.5) is 11.4 Å². The van der Waals surface area contributed by atoms with E-state index in [1.807, 2.05) is 12.1 Å². The maximum absolute atomic E-state index is 13.4. The van der Waals surface area contributed by atoms with Crippen molar-refractivity contribution in [3.05, 3.63) is 164 Å². The van der Waals surface area contributed by atoms with Crippen LogP contribution in [-0.4, -0.2) is 28.5 Å². The molecule has 10 nitrogen and oxygen atoms in total. The van der Waals surface area contributed by atoms with Crippen molar-refractivity contribution in [2.24, 2.45) is 0 Å². The van der Waals surface area contributed by atoms with Crippen LogP contribution in [0.5, 0.6) is 11.5 Å². The monoisotopic (exact) mass is 676 g/mol. The van der Waals surface area contributed by atoms with Crippen LogP contribution in [0, 0.1) is 10.1 Å². The molecule has 1 aliphatic rings. The van der Waals surface area contributed by atoms with Gasteiger partial charge in [-0.3, -0.25) is 24.5 Å². The number of amides is 2. The second kappa shape index (κ2) is 12.6. The van der Waals surface area contributed by atoms with Crippen LogP contribution in [-0.2, 0) is 4.74 Å². The summed E-state index contributed by atoms with van der Waals surface area (Å²) in [7, 11) is 0. The lowest BCUT2D eigenvalue weighted by Gasteiger charge is -2.18. The molecule has 46 heavy (non-hydrogen) atoms. The highest BCUT2D eigenvalue weighted by Gasteiger charge is 2.37. The molecule has 0 N–H and O–H groups in total. The molecule has 0 radical (unpaired) electrons. The number of esters is 1. The summed E-state index contributed by atoms with van der Waals surface area (Å²) in [4.78, 5) is 64.7. The molecule has 226 valence electrons. The summed E-state index contributed by atoms with van der Waals surface area (Å²) in [6.07, 6.45) is -1.39. The van der Waals surface area contributed by atoms with Crippen LogP contribution in [0.25, 0.3) is 0 Å². The number of ether oxygens (including phenoxy) is 2. The first kappa shape index (κ1) is 30.1. The van der Waals surface area contributed by atoms with Crippen molar-refractivity contribution in [3.63, 3.8) is 0 Å². The Labute approximate surface area is 270 Å². The molecule has 0 fully saturated rings. The predicted molar refractivity (Wildman–Crippen MR) is 170 cm³/mol. The Kier molecular flexibility index (Phi) is 8.23. The zero-order valence-electron chi connectivity index (χ0n) is 23.7. The van der Waals surface area contributed by atoms with E-state index < -0.39 is 34.6 Å². The summed E-state index contributed by atoms with van der Waals surface area (Å²) in [5, 5.41) is 11.1. The average molecular weight is 677 g/mol. The van der Waals surface area contributed by atoms with Gasteiger partial charge in [0.15, 0.2) is 6.10 Å². The lowest BCUT2D eigenvalue weighted by Crippen LogP contribution is -2.29. The SMILES string of the molecule is O=C(O[C@H](C(=O)c1ccccc1)c1ccc([N+](=O)[O-])cc1)c1ccc(N2C(=O)c3ccc(Oc4ccc(Br)cc4)cc3C2=O)cc1. The van der Waals surface area contributed by atoms with E-state index in [1.165, 1.54) is 60.7 Å². The smallest absolute Gasteiger partial charge is 0.339 e. The minimum atomic E-state index is -1.39. The molecule has 0 unspecified atom stereocenters. The van der Waals surface area contributed by atoms with E-state index in [9.17, 15) is 29.3 Å². The Balaban J connectivity index is 1.21. The van der Waals surface area contributed by atoms with Gasteiger partial charge in [-0.1, -0.05) is 46.3 Å². The van der Waals surface area contributed by atoms with Crippen molar-refractivity contribution in [1.82, 2.24) is 0 Å². The first-order chi connectivity index (χ1) is 22.2. The summed E-state index contributed by atoms with van der Waals surface area (Å²) in [5.74, 6) is -1.51. The molecule has 0 saturated carbocycles. The molecule has 0 saturated heterocycles. The normalized spacial score (nSPS) is 12.8. The van der Waals surface area contributed by atoms with Crippen LogP contribution in [0.15, 0.2) is 126 Å². The summed E-state index contributed by atoms with van der Waals surface area (Å²) in [6, 6.07) is 30.8. The third-order valence-corrected chi connectivity index (χ3v) is 7.73. The number of hydrogen-bond acceptors (Lipinski definition) is 8. The van der Waals surface area contributed by atoms with E-state index in [0.717, 1.165) is 9.37 Å². The first-order valence-electron chi connectivity index (χ1n) is 13.8. The Morgan fingerprint density at radius 1 is 0.717 bits per heavy atom. The zero-order chi connectivity index (χ0) is 32.4. The van der Waals surface area contributed by atoms with Crippen LogP contribution in [0.1, 0.15) is 53.1 Å². The predicted octanol–water partition coefficient (Wildman–Crippen LogP) is 7.73. The Morgan fingerprint density at radius 3 is 2.00 bits per heavy atom. The zero-order valence-corrected chi connectivity index (χ0v) is 25.2. The van der Waals surface area contributed by atoms with E-state index in [0.29, 0.717) is 11.5 Å². The fourth-order valence-corrected chi connectivity index (χ4v) is 5.14. The minimum absolute atomic E-state index is 0.0540. The first-order valence-corrected chi connectivity index (χ1v) is 14.6. The Bertz CT molecular complexity index is 1990. The van der Waals surface area contributed by atoms with Crippen LogP contribution in [0.2, 0.25) is 0 Å². The van der Waals surface area contributed by atoms with Gasteiger partial charge in [-0.15, -0.1) is 0 Å². The topological polar surface area (TPSA) is 133 Å². The fraction of sp³-hybridized carbons (Fsp3) is 0.0286. The van der Waals surface area contributed by atoms with Gasteiger partial charge in [0.2, 0.25) is 5.78 Å². The molecular weight excluding hydrogens is 656 g/mol. The number of fused-ring (bicyclic) bond motifs is 1. The number of rotatable bonds is 9. The molecule has 1 atom stereocenters. The van der Waals surface area contributed by atoms with Crippen molar-refractivity contribution < 1.29 is 33.6 Å². The van der Waals surface area contributed by atoms with Gasteiger partial charge in [-0.05, 0) is 78.9 Å². The minimum Gasteiger partial charge on any atom is -0.457 e. The summed E-state index contributed by atoms with van der Waals surface area (Å²) in [6.45, 7) is 0. The van der Waals surface area contributed by atoms with E-state index >= 15 is 0 Å². The number of imide groups is 1. The second-order valence-electron chi connectivity index (χ2n) is 10.1. The number of nitrogens with zero attached hydrogens (tertiary/aromatic N) is 2. The number of carbonyl (C=O) groups excluding carboxylic acids is 4. The van der Waals surface area contributed by atoms with Gasteiger partial charge in [0.1, 0.15) is 11.5 Å². The molecule has 6 rings (SSSR count). The van der Waals surface area contributed by atoms with Gasteiger partial charge in [0.25, 0.3) is 17.5 Å². The van der Waals surface area contributed by atoms with Gasteiger partial charge in [-0.25, -0.2) is 9.69 Å². The molecule has 0 aromatic heterocycles. The second-order valence-corrected chi connectivity index (χ2v) is 11.0. The molecule has 0 bridgehead atoms. The van der Waals surface area contributed by atoms with Crippen molar-refractivity contribution in [1.29, 1.82) is 0 Å². The van der Waals surface area contributed by atoms with Gasteiger partial charge in [0.05, 0.1) is 27.3 Å². The van der Waals surface area contributed by atoms with Crippen molar-refractivity contribution in [3.8, 4) is 11.5 Å². The number of hydrogen-bond donors (Lipinski definition) is 0. The number of carbonyl (C=O) groups is 4. The molecule has 2 amide bonds. The number of nitro groups is 1. The van der Waals surface area contributed by atoms with Gasteiger partial charge < -0.3 is 9.47 Å². The molecule has 0 aliphatic carbocycles. The number of ketones is 1. The van der Waals surface area contributed by atoms with Crippen LogP contribution in [0.3, 0.4) is 0 Å². The van der Waals surface area contributed by atoms with Gasteiger partial charge >= 0.3 is 5.97 Å². The molecule has 5 aromatic rings. The van der Waals surface area contributed by atoms with Gasteiger partial charge in [-0.2, -0.15) is 0 Å². The number of anilines is 1. The third kappa shape index (κ3) is 6.04. The standard InChI is InChI=1S/C35H21BrN2O8/c36-24-10-16-27(17-11-24)45-28-18-19-29-30(20-28)34(41)37(33(29)40)25-12-8-23(9-13-25)35(42)46-32(31(39)21-4-2-1-3-5-21)22-6-14-26(15-7-22)38(43)44/h1-20,32H/t32-/m0/s1. The van der Waals surface area contributed by atoms with Crippen LogP contribution < -0.4 is 9.64 Å². The largest absolute Gasteiger partial charge is 0.457 e. The summed E-state index contributed by atoms with van der Waals surface area (Å²) >= 11 is 3.37. The number of halogens is 1. The average Bonchev–Trinajstić information content (AvgIpc) is 3.33. The highest BCUT2D eigenvalue weighted by Crippen LogP contribution is 2.33. The molecule has 1 heterocycles. The van der Waals surface area contributed by atoms with Gasteiger partial charge in [0, 0.05) is 27.7 Å². The van der Waals surface area contributed by atoms with Crippen molar-refractivity contribution in [2.75, 3.05) is 4.90 Å². The van der Waals surface area contributed by atoms with Crippen molar-refractivity contribution >= 4 is 50.9 Å². The number of non-ortho nitro benzene ring substituents is 1. The summed E-state index contributed by atoms with van der Waals surface area (Å²) < 4.78 is 12.4. The van der Waals surface area contributed by atoms with Crippen LogP contribution >= 0.6 is 15.9 Å². The molecule has 0 spiro atoms. The maximum atomic E-state index is 13.4. The van der Waals surface area contributed by atoms with E-state index in [-0.39, 0.29) is 39.2 Å². The highest BCUT2D eigenvalue weighted by molar-refractivity contribution is 9.10. The number of Topliss-reactive ketones (excluding diaryl/α,β-unsaturated/α-hetero) is 1. The third-order valence-electron chi connectivity index (χ3n) is 7.20. The molecule has 1 aliphatic heterocycles. The molecular formula is C35H21BrN2O8. The quantitative estimate of drug-likeness (QED) is 0.0509. The molecule has 11 heteroatoms. The Morgan fingerprint density at radius 2 is 1.35 bits per heavy atom. The lowest BCUT2D eigenvalue weighted by atomic mass is 9.99. The summed E-state index contributed by atoms with van der Waals surface area (Å²) in [5.41, 5.74) is 1.02. The maximum Gasteiger partial charge on any atom is 0.339 e. The lowest BCUT2D eigenvalue weighted by molar-refractivity contribution is -0.384. The van der Waals surface area contributed by atoms with E-state index in [1.54, 1.807) is 48.5 Å². The Hall–Kier alpha value is -5.94.